The van der Waals surface area contributed by atoms with Crippen LogP contribution in [0.2, 0.25) is 0 Å². The molecule has 0 radical (unpaired) electrons. The Labute approximate surface area is 122 Å². The Bertz CT molecular complexity index is 790. The minimum absolute atomic E-state index is 0.337. The van der Waals surface area contributed by atoms with Gasteiger partial charge < -0.3 is 4.57 Å². The molecule has 5 nitrogen and oxygen atoms in total. The lowest BCUT2D eigenvalue weighted by Gasteiger charge is -2.06. The number of nitrogens with two attached hydrogens (primary N) is 1. The summed E-state index contributed by atoms with van der Waals surface area (Å²) in [6.07, 6.45) is 3.58. The average Bonchev–Trinajstić information content (AvgIpc) is 2.89. The lowest BCUT2D eigenvalue weighted by Crippen LogP contribution is -2.30. The van der Waals surface area contributed by atoms with Crippen molar-refractivity contribution in [1.82, 2.24) is 15.0 Å². The molecule has 0 bridgehead atoms. The van der Waals surface area contributed by atoms with E-state index in [2.05, 4.69) is 46.2 Å². The SMILES string of the molecule is Cc1ccc2ccn(Cc3ccc(C(=O)NN)cn3)c2c1. The highest BCUT2D eigenvalue weighted by atomic mass is 16.2. The van der Waals surface area contributed by atoms with E-state index < -0.39 is 0 Å². The summed E-state index contributed by atoms with van der Waals surface area (Å²) in [5, 5.41) is 1.21. The van der Waals surface area contributed by atoms with Crippen molar-refractivity contribution in [1.29, 1.82) is 0 Å². The smallest absolute Gasteiger partial charge is 0.266 e. The zero-order valence-corrected chi connectivity index (χ0v) is 11.7. The van der Waals surface area contributed by atoms with E-state index >= 15 is 0 Å². The van der Waals surface area contributed by atoms with Crippen molar-refractivity contribution in [3.05, 3.63) is 65.6 Å². The summed E-state index contributed by atoms with van der Waals surface area (Å²) in [5.74, 6) is 4.76. The molecule has 0 saturated carbocycles. The van der Waals surface area contributed by atoms with Gasteiger partial charge in [0.15, 0.2) is 0 Å². The van der Waals surface area contributed by atoms with Crippen LogP contribution in [-0.2, 0) is 6.54 Å². The predicted octanol–water partition coefficient (Wildman–Crippen LogP) is 2.00. The number of hydrazine groups is 1. The number of aromatic nitrogens is 2. The standard InChI is InChI=1S/C16H16N4O/c1-11-2-3-12-6-7-20(15(12)8-11)10-14-5-4-13(9-18-14)16(21)19-17/h2-9H,10,17H2,1H3,(H,19,21). The number of amides is 1. The van der Waals surface area contributed by atoms with E-state index in [1.807, 2.05) is 12.3 Å². The molecule has 0 fully saturated rings. The topological polar surface area (TPSA) is 72.9 Å². The number of carbonyl (C=O) groups is 1. The van der Waals surface area contributed by atoms with Crippen molar-refractivity contribution in [3.8, 4) is 0 Å². The maximum absolute atomic E-state index is 11.4. The molecule has 5 heteroatoms. The number of aryl methyl sites for hydroxylation is 1. The number of fused-ring (bicyclic) bond motifs is 1. The van der Waals surface area contributed by atoms with E-state index in [9.17, 15) is 4.79 Å². The molecule has 1 aromatic carbocycles. The first kappa shape index (κ1) is 13.3. The summed E-state index contributed by atoms with van der Waals surface area (Å²) in [5.41, 5.74) is 5.85. The molecular formula is C16H16N4O. The molecule has 0 aliphatic carbocycles. The molecule has 0 atom stereocenters. The van der Waals surface area contributed by atoms with Crippen LogP contribution in [-0.4, -0.2) is 15.5 Å². The number of carbonyl (C=O) groups excluding carboxylic acids is 1. The molecule has 0 aliphatic heterocycles. The molecule has 3 aromatic rings. The maximum Gasteiger partial charge on any atom is 0.266 e. The summed E-state index contributed by atoms with van der Waals surface area (Å²) in [6, 6.07) is 12.0. The van der Waals surface area contributed by atoms with Crippen molar-refractivity contribution in [2.75, 3.05) is 0 Å². The van der Waals surface area contributed by atoms with Crippen molar-refractivity contribution in [2.24, 2.45) is 5.84 Å². The van der Waals surface area contributed by atoms with Crippen LogP contribution in [0.5, 0.6) is 0 Å². The van der Waals surface area contributed by atoms with Crippen LogP contribution in [0.25, 0.3) is 10.9 Å². The number of nitrogen functional groups attached to an aromatic ring is 1. The summed E-state index contributed by atoms with van der Waals surface area (Å²) in [6.45, 7) is 2.74. The Morgan fingerprint density at radius 2 is 2.14 bits per heavy atom. The lowest BCUT2D eigenvalue weighted by atomic mass is 10.2. The Balaban J connectivity index is 1.88. The molecular weight excluding hydrogens is 264 g/mol. The summed E-state index contributed by atoms with van der Waals surface area (Å²) < 4.78 is 2.15. The van der Waals surface area contributed by atoms with Gasteiger partial charge in [-0.1, -0.05) is 12.1 Å². The molecule has 3 N–H and O–H groups in total. The van der Waals surface area contributed by atoms with Gasteiger partial charge in [-0.15, -0.1) is 0 Å². The number of pyridine rings is 1. The number of hydrogen-bond acceptors (Lipinski definition) is 3. The molecule has 21 heavy (non-hydrogen) atoms. The van der Waals surface area contributed by atoms with Crippen LogP contribution in [0.4, 0.5) is 0 Å². The zero-order chi connectivity index (χ0) is 14.8. The van der Waals surface area contributed by atoms with Gasteiger partial charge in [-0.3, -0.25) is 15.2 Å². The quantitative estimate of drug-likeness (QED) is 0.438. The van der Waals surface area contributed by atoms with Gasteiger partial charge in [-0.2, -0.15) is 0 Å². The number of nitrogens with one attached hydrogen (secondary N) is 1. The molecule has 2 aromatic heterocycles. The highest BCUT2D eigenvalue weighted by Gasteiger charge is 2.06. The fourth-order valence-electron chi connectivity index (χ4n) is 2.34. The van der Waals surface area contributed by atoms with E-state index in [4.69, 9.17) is 5.84 Å². The largest absolute Gasteiger partial charge is 0.341 e. The second-order valence-corrected chi connectivity index (χ2v) is 5.02. The van der Waals surface area contributed by atoms with Gasteiger partial charge in [-0.25, -0.2) is 5.84 Å². The monoisotopic (exact) mass is 280 g/mol. The highest BCUT2D eigenvalue weighted by Crippen LogP contribution is 2.18. The van der Waals surface area contributed by atoms with Gasteiger partial charge in [0.2, 0.25) is 0 Å². The molecule has 0 aliphatic rings. The zero-order valence-electron chi connectivity index (χ0n) is 11.7. The van der Waals surface area contributed by atoms with Gasteiger partial charge in [-0.05, 0) is 42.1 Å². The highest BCUT2D eigenvalue weighted by molar-refractivity contribution is 5.93. The van der Waals surface area contributed by atoms with Gasteiger partial charge in [0.05, 0.1) is 17.8 Å². The van der Waals surface area contributed by atoms with Crippen LogP contribution in [0.15, 0.2) is 48.8 Å². The Morgan fingerprint density at radius 3 is 2.86 bits per heavy atom. The maximum atomic E-state index is 11.4. The minimum Gasteiger partial charge on any atom is -0.341 e. The normalized spacial score (nSPS) is 10.8. The van der Waals surface area contributed by atoms with E-state index in [-0.39, 0.29) is 5.91 Å². The van der Waals surface area contributed by atoms with Gasteiger partial charge in [0, 0.05) is 17.9 Å². The Hall–Kier alpha value is -2.66. The predicted molar refractivity (Wildman–Crippen MR) is 81.7 cm³/mol. The third-order valence-electron chi connectivity index (χ3n) is 3.48. The number of nitrogens with zero attached hydrogens (tertiary/aromatic N) is 2. The molecule has 106 valence electrons. The molecule has 2 heterocycles. The Kier molecular flexibility index (Phi) is 3.41. The number of hydrogen-bond donors (Lipinski definition) is 2. The Morgan fingerprint density at radius 1 is 1.29 bits per heavy atom. The average molecular weight is 280 g/mol. The van der Waals surface area contributed by atoms with E-state index in [1.165, 1.54) is 22.7 Å². The first-order chi connectivity index (χ1) is 10.2. The number of rotatable bonds is 3. The molecule has 0 saturated heterocycles. The van der Waals surface area contributed by atoms with Gasteiger partial charge in [0.1, 0.15) is 0 Å². The van der Waals surface area contributed by atoms with Crippen LogP contribution >= 0.6 is 0 Å². The summed E-state index contributed by atoms with van der Waals surface area (Å²) in [7, 11) is 0. The van der Waals surface area contributed by atoms with Crippen LogP contribution in [0, 0.1) is 6.92 Å². The fraction of sp³-hybridized carbons (Fsp3) is 0.125. The molecule has 0 spiro atoms. The molecule has 1 amide bonds. The molecule has 0 unspecified atom stereocenters. The lowest BCUT2D eigenvalue weighted by molar-refractivity contribution is 0.0953. The second-order valence-electron chi connectivity index (χ2n) is 5.02. The van der Waals surface area contributed by atoms with Crippen LogP contribution in [0.3, 0.4) is 0 Å². The van der Waals surface area contributed by atoms with Crippen molar-refractivity contribution < 1.29 is 4.79 Å². The molecule has 3 rings (SSSR count). The van der Waals surface area contributed by atoms with Gasteiger partial charge >= 0.3 is 0 Å². The fourth-order valence-corrected chi connectivity index (χ4v) is 2.34. The van der Waals surface area contributed by atoms with Crippen molar-refractivity contribution in [3.63, 3.8) is 0 Å². The minimum atomic E-state index is -0.337. The first-order valence-electron chi connectivity index (χ1n) is 6.69. The third kappa shape index (κ3) is 2.64. The van der Waals surface area contributed by atoms with Gasteiger partial charge in [0.25, 0.3) is 5.91 Å². The summed E-state index contributed by atoms with van der Waals surface area (Å²) in [4.78, 5) is 15.7. The van der Waals surface area contributed by atoms with Crippen molar-refractivity contribution >= 4 is 16.8 Å². The number of benzene rings is 1. The first-order valence-corrected chi connectivity index (χ1v) is 6.69. The van der Waals surface area contributed by atoms with Crippen LogP contribution in [0.1, 0.15) is 21.6 Å². The second kappa shape index (κ2) is 5.38. The van der Waals surface area contributed by atoms with E-state index in [0.717, 1.165) is 5.69 Å². The third-order valence-corrected chi connectivity index (χ3v) is 3.48. The van der Waals surface area contributed by atoms with E-state index in [1.54, 1.807) is 6.07 Å². The van der Waals surface area contributed by atoms with E-state index in [0.29, 0.717) is 12.1 Å². The van der Waals surface area contributed by atoms with Crippen molar-refractivity contribution in [2.45, 2.75) is 13.5 Å². The van der Waals surface area contributed by atoms with Crippen LogP contribution < -0.4 is 11.3 Å². The summed E-state index contributed by atoms with van der Waals surface area (Å²) >= 11 is 0.